The van der Waals surface area contributed by atoms with Crippen LogP contribution in [0.2, 0.25) is 0 Å². The molecule has 0 saturated carbocycles. The summed E-state index contributed by atoms with van der Waals surface area (Å²) in [6.07, 6.45) is 7.74. The molecule has 0 aliphatic rings. The SMILES string of the molecule is c1ccc(-n2c3ccccc3c3cc(-c4cccc5c4c4ccncc4n5-c4ccccc4)ccc32)cc1.c1ccc(-n2c3cnccc3c3c(-c4ccc5c(c4)c4ccccc4n5-c4ccc5ccccc5c4)cccc32)cc1. The predicted octanol–water partition coefficient (Wildman–Crippen LogP) is 19.0. The number of benzene rings is 11. The number of aromatic nitrogens is 6. The van der Waals surface area contributed by atoms with E-state index in [9.17, 15) is 0 Å². The third-order valence-corrected chi connectivity index (χ3v) is 16.2. The molecule has 17 aromatic rings. The van der Waals surface area contributed by atoms with E-state index in [2.05, 4.69) is 295 Å². The molecule has 0 aliphatic heterocycles. The first kappa shape index (κ1) is 45.4. The van der Waals surface area contributed by atoms with Crippen LogP contribution in [-0.2, 0) is 0 Å². The lowest BCUT2D eigenvalue weighted by molar-refractivity contribution is 1.17. The fourth-order valence-corrected chi connectivity index (χ4v) is 12.8. The smallest absolute Gasteiger partial charge is 0.0724 e. The highest BCUT2D eigenvalue weighted by atomic mass is 15.0. The Kier molecular flexibility index (Phi) is 10.5. The second-order valence-corrected chi connectivity index (χ2v) is 20.6. The van der Waals surface area contributed by atoms with Crippen molar-refractivity contribution in [3.05, 3.63) is 292 Å². The largest absolute Gasteiger partial charge is 0.309 e. The van der Waals surface area contributed by atoms with Gasteiger partial charge in [-0.05, 0) is 142 Å². The van der Waals surface area contributed by atoms with Crippen molar-refractivity contribution in [1.82, 2.24) is 28.2 Å². The first-order valence-electron chi connectivity index (χ1n) is 27.2. The molecule has 11 aromatic carbocycles. The van der Waals surface area contributed by atoms with E-state index in [1.165, 1.54) is 121 Å². The first-order valence-corrected chi connectivity index (χ1v) is 27.2. The fourth-order valence-electron chi connectivity index (χ4n) is 12.8. The molecule has 6 heterocycles. The lowest BCUT2D eigenvalue weighted by Gasteiger charge is -2.10. The summed E-state index contributed by atoms with van der Waals surface area (Å²) in [4.78, 5) is 8.98. The van der Waals surface area contributed by atoms with E-state index in [1.807, 2.05) is 24.8 Å². The molecule has 6 aromatic heterocycles. The summed E-state index contributed by atoms with van der Waals surface area (Å²) < 4.78 is 9.41. The van der Waals surface area contributed by atoms with E-state index in [-0.39, 0.29) is 0 Å². The number of hydrogen-bond acceptors (Lipinski definition) is 2. The molecule has 0 atom stereocenters. The monoisotopic (exact) mass is 1020 g/mol. The summed E-state index contributed by atoms with van der Waals surface area (Å²) in [5, 5.41) is 12.4. The molecule has 0 amide bonds. The Labute approximate surface area is 460 Å². The van der Waals surface area contributed by atoms with Crippen molar-refractivity contribution in [2.24, 2.45) is 0 Å². The van der Waals surface area contributed by atoms with Gasteiger partial charge in [-0.2, -0.15) is 0 Å². The summed E-state index contributed by atoms with van der Waals surface area (Å²) in [6.45, 7) is 0. The van der Waals surface area contributed by atoms with Crippen LogP contribution in [0, 0.1) is 0 Å². The van der Waals surface area contributed by atoms with E-state index in [0.717, 1.165) is 22.4 Å². The Balaban J connectivity index is 0.000000133. The fraction of sp³-hybridized carbons (Fsp3) is 0. The second-order valence-electron chi connectivity index (χ2n) is 20.6. The van der Waals surface area contributed by atoms with Gasteiger partial charge in [0.15, 0.2) is 0 Å². The third kappa shape index (κ3) is 7.13. The summed E-state index contributed by atoms with van der Waals surface area (Å²) in [5.41, 5.74) is 18.9. The minimum atomic E-state index is 1.11. The van der Waals surface area contributed by atoms with Crippen LogP contribution in [0.1, 0.15) is 0 Å². The minimum absolute atomic E-state index is 1.11. The van der Waals surface area contributed by atoms with E-state index in [1.54, 1.807) is 0 Å². The molecule has 6 nitrogen and oxygen atoms in total. The molecule has 0 N–H and O–H groups in total. The van der Waals surface area contributed by atoms with Crippen molar-refractivity contribution in [2.75, 3.05) is 0 Å². The van der Waals surface area contributed by atoms with Gasteiger partial charge in [0, 0.05) is 78.2 Å². The van der Waals surface area contributed by atoms with Crippen LogP contribution in [0.15, 0.2) is 292 Å². The molecule has 80 heavy (non-hydrogen) atoms. The summed E-state index contributed by atoms with van der Waals surface area (Å²) in [7, 11) is 0. The van der Waals surface area contributed by atoms with Gasteiger partial charge < -0.3 is 18.3 Å². The number of nitrogens with zero attached hydrogens (tertiary/aromatic N) is 6. The molecule has 0 unspecified atom stereocenters. The molecule has 0 saturated heterocycles. The van der Waals surface area contributed by atoms with E-state index < -0.39 is 0 Å². The highest BCUT2D eigenvalue weighted by Crippen LogP contribution is 2.43. The van der Waals surface area contributed by atoms with Gasteiger partial charge in [-0.3, -0.25) is 9.97 Å². The Morgan fingerprint density at radius 1 is 0.225 bits per heavy atom. The predicted molar refractivity (Wildman–Crippen MR) is 334 cm³/mol. The van der Waals surface area contributed by atoms with E-state index >= 15 is 0 Å². The Morgan fingerprint density at radius 3 is 1.12 bits per heavy atom. The quantitative estimate of drug-likeness (QED) is 0.167. The first-order chi connectivity index (χ1) is 39.7. The van der Waals surface area contributed by atoms with Crippen molar-refractivity contribution in [2.45, 2.75) is 0 Å². The van der Waals surface area contributed by atoms with Gasteiger partial charge in [-0.1, -0.05) is 158 Å². The van der Waals surface area contributed by atoms with Crippen LogP contribution in [0.5, 0.6) is 0 Å². The molecule has 374 valence electrons. The normalized spacial score (nSPS) is 11.8. The highest BCUT2D eigenvalue weighted by Gasteiger charge is 2.21. The summed E-state index contributed by atoms with van der Waals surface area (Å²) >= 11 is 0. The Bertz CT molecular complexity index is 5240. The number of para-hydroxylation sites is 5. The van der Waals surface area contributed by atoms with Crippen molar-refractivity contribution < 1.29 is 0 Å². The molecule has 0 spiro atoms. The number of hydrogen-bond donors (Lipinski definition) is 0. The van der Waals surface area contributed by atoms with Crippen molar-refractivity contribution in [3.8, 4) is 45.0 Å². The van der Waals surface area contributed by atoms with Crippen LogP contribution in [0.25, 0.3) is 143 Å². The third-order valence-electron chi connectivity index (χ3n) is 16.2. The van der Waals surface area contributed by atoms with Crippen LogP contribution < -0.4 is 0 Å². The number of rotatable bonds is 6. The van der Waals surface area contributed by atoms with Gasteiger partial charge in [0.05, 0.1) is 56.5 Å². The van der Waals surface area contributed by atoms with Gasteiger partial charge in [-0.15, -0.1) is 0 Å². The highest BCUT2D eigenvalue weighted by molar-refractivity contribution is 6.19. The van der Waals surface area contributed by atoms with Crippen LogP contribution in [0.4, 0.5) is 0 Å². The lowest BCUT2D eigenvalue weighted by Crippen LogP contribution is -1.94. The zero-order valence-corrected chi connectivity index (χ0v) is 43.4. The zero-order chi connectivity index (χ0) is 52.7. The maximum atomic E-state index is 4.50. The Hall–Kier alpha value is -10.8. The molecule has 0 radical (unpaired) electrons. The topological polar surface area (TPSA) is 45.5 Å². The van der Waals surface area contributed by atoms with Crippen molar-refractivity contribution in [3.63, 3.8) is 0 Å². The van der Waals surface area contributed by atoms with Gasteiger partial charge in [0.25, 0.3) is 0 Å². The maximum Gasteiger partial charge on any atom is 0.0724 e. The summed E-state index contributed by atoms with van der Waals surface area (Å²) in [6, 6.07) is 95.8. The lowest BCUT2D eigenvalue weighted by atomic mass is 9.98. The molecule has 0 bridgehead atoms. The van der Waals surface area contributed by atoms with E-state index in [0.29, 0.717) is 0 Å². The van der Waals surface area contributed by atoms with Crippen LogP contribution >= 0.6 is 0 Å². The Morgan fingerprint density at radius 2 is 0.625 bits per heavy atom. The average Bonchev–Trinajstić information content (AvgIpc) is 4.37. The van der Waals surface area contributed by atoms with Gasteiger partial charge in [-0.25, -0.2) is 0 Å². The van der Waals surface area contributed by atoms with Crippen molar-refractivity contribution >= 4 is 98.0 Å². The standard InChI is InChI=1S/C39H25N3.C35H23N3/c1-2-11-29(12-3-1)41-37-16-8-14-31(39(37)33-21-22-40-25-38(33)41)28-18-20-36-34(24-28)32-13-6-7-15-35(32)42(36)30-19-17-26-9-4-5-10-27(26)23-30;1-3-10-25(11-4-1)37-31-16-8-7-14-28(31)30-22-24(18-19-32(30)37)27-15-9-17-33-35(27)29-20-21-36-23-34(29)38(33)26-12-5-2-6-13-26/h1-25H;1-23H. The molecule has 17 rings (SSSR count). The van der Waals surface area contributed by atoms with Gasteiger partial charge >= 0.3 is 0 Å². The van der Waals surface area contributed by atoms with Crippen LogP contribution in [-0.4, -0.2) is 28.2 Å². The minimum Gasteiger partial charge on any atom is -0.309 e. The molecular weight excluding hydrogens is 973 g/mol. The van der Waals surface area contributed by atoms with Gasteiger partial charge in [0.1, 0.15) is 0 Å². The maximum absolute atomic E-state index is 4.50. The number of pyridine rings is 2. The van der Waals surface area contributed by atoms with Gasteiger partial charge in [0.2, 0.25) is 0 Å². The number of fused-ring (bicyclic) bond motifs is 13. The van der Waals surface area contributed by atoms with Crippen molar-refractivity contribution in [1.29, 1.82) is 0 Å². The van der Waals surface area contributed by atoms with E-state index in [4.69, 9.17) is 0 Å². The second kappa shape index (κ2) is 18.4. The average molecular weight is 1020 g/mol. The van der Waals surface area contributed by atoms with Crippen LogP contribution in [0.3, 0.4) is 0 Å². The molecule has 6 heteroatoms. The molecule has 0 aliphatic carbocycles. The molecule has 0 fully saturated rings. The summed E-state index contributed by atoms with van der Waals surface area (Å²) in [5.74, 6) is 0. The molecular formula is C74H48N6. The zero-order valence-electron chi connectivity index (χ0n) is 43.4.